The maximum atomic E-state index is 11.6. The van der Waals surface area contributed by atoms with Gasteiger partial charge in [0.25, 0.3) is 0 Å². The third-order valence-corrected chi connectivity index (χ3v) is 2.51. The molecule has 0 aromatic heterocycles. The lowest BCUT2D eigenvalue weighted by Gasteiger charge is -2.03. The maximum Gasteiger partial charge on any atom is 0.164 e. The van der Waals surface area contributed by atoms with Gasteiger partial charge in [-0.3, -0.25) is 4.79 Å². The SMILES string of the molecule is CNCCC(=O)c1ccc(Cl)c(C)c1. The van der Waals surface area contributed by atoms with Gasteiger partial charge in [0.15, 0.2) is 5.78 Å². The molecule has 0 atom stereocenters. The van der Waals surface area contributed by atoms with Crippen molar-refractivity contribution in [3.8, 4) is 0 Å². The first-order valence-corrected chi connectivity index (χ1v) is 4.97. The molecule has 3 heteroatoms. The average Bonchev–Trinajstić information content (AvgIpc) is 2.18. The van der Waals surface area contributed by atoms with Gasteiger partial charge < -0.3 is 5.32 Å². The van der Waals surface area contributed by atoms with E-state index in [1.54, 1.807) is 12.1 Å². The number of benzene rings is 1. The molecule has 0 heterocycles. The number of Topliss-reactive ketones (excluding diaryl/α,β-unsaturated/α-hetero) is 1. The van der Waals surface area contributed by atoms with Gasteiger partial charge in [0.1, 0.15) is 0 Å². The van der Waals surface area contributed by atoms with E-state index in [1.807, 2.05) is 20.0 Å². The summed E-state index contributed by atoms with van der Waals surface area (Å²) in [5.74, 6) is 0.152. The fraction of sp³-hybridized carbons (Fsp3) is 0.364. The summed E-state index contributed by atoms with van der Waals surface area (Å²) in [4.78, 5) is 11.6. The Balaban J connectivity index is 2.76. The van der Waals surface area contributed by atoms with E-state index in [-0.39, 0.29) is 5.78 Å². The largest absolute Gasteiger partial charge is 0.319 e. The fourth-order valence-electron chi connectivity index (χ4n) is 1.20. The van der Waals surface area contributed by atoms with Crippen molar-refractivity contribution in [1.29, 1.82) is 0 Å². The lowest BCUT2D eigenvalue weighted by Crippen LogP contribution is -2.13. The van der Waals surface area contributed by atoms with Gasteiger partial charge in [0.05, 0.1) is 0 Å². The number of halogens is 1. The molecule has 0 spiro atoms. The van der Waals surface area contributed by atoms with E-state index < -0.39 is 0 Å². The summed E-state index contributed by atoms with van der Waals surface area (Å²) in [5, 5.41) is 3.65. The Morgan fingerprint density at radius 2 is 2.21 bits per heavy atom. The van der Waals surface area contributed by atoms with Crippen molar-refractivity contribution in [2.24, 2.45) is 0 Å². The van der Waals surface area contributed by atoms with E-state index in [0.717, 1.165) is 11.1 Å². The average molecular weight is 212 g/mol. The minimum absolute atomic E-state index is 0.152. The molecular formula is C11H14ClNO. The Bertz CT molecular complexity index is 336. The molecule has 0 saturated heterocycles. The van der Waals surface area contributed by atoms with Gasteiger partial charge in [-0.2, -0.15) is 0 Å². The first-order chi connectivity index (χ1) is 6.65. The van der Waals surface area contributed by atoms with E-state index in [0.29, 0.717) is 18.0 Å². The van der Waals surface area contributed by atoms with Gasteiger partial charge in [-0.25, -0.2) is 0 Å². The van der Waals surface area contributed by atoms with Crippen molar-refractivity contribution in [3.05, 3.63) is 34.3 Å². The summed E-state index contributed by atoms with van der Waals surface area (Å²) in [7, 11) is 1.83. The van der Waals surface area contributed by atoms with Crippen LogP contribution in [-0.4, -0.2) is 19.4 Å². The highest BCUT2D eigenvalue weighted by atomic mass is 35.5. The zero-order chi connectivity index (χ0) is 10.6. The molecule has 0 aliphatic rings. The van der Waals surface area contributed by atoms with Crippen LogP contribution in [0.3, 0.4) is 0 Å². The predicted octanol–water partition coefficient (Wildman–Crippen LogP) is 2.44. The highest BCUT2D eigenvalue weighted by molar-refractivity contribution is 6.31. The van der Waals surface area contributed by atoms with Crippen LogP contribution in [0.4, 0.5) is 0 Å². The molecule has 1 N–H and O–H groups in total. The Kier molecular flexibility index (Phi) is 4.11. The lowest BCUT2D eigenvalue weighted by molar-refractivity contribution is 0.0983. The van der Waals surface area contributed by atoms with Crippen LogP contribution in [0.25, 0.3) is 0 Å². The number of aryl methyl sites for hydroxylation is 1. The van der Waals surface area contributed by atoms with Crippen LogP contribution in [0.1, 0.15) is 22.3 Å². The molecule has 1 aromatic carbocycles. The highest BCUT2D eigenvalue weighted by Crippen LogP contribution is 2.17. The van der Waals surface area contributed by atoms with Gasteiger partial charge in [0.2, 0.25) is 0 Å². The van der Waals surface area contributed by atoms with Crippen LogP contribution >= 0.6 is 11.6 Å². The number of rotatable bonds is 4. The third kappa shape index (κ3) is 2.82. The van der Waals surface area contributed by atoms with E-state index in [9.17, 15) is 4.79 Å². The van der Waals surface area contributed by atoms with Crippen LogP contribution in [-0.2, 0) is 0 Å². The molecule has 0 radical (unpaired) electrons. The second kappa shape index (κ2) is 5.13. The van der Waals surface area contributed by atoms with Crippen molar-refractivity contribution in [3.63, 3.8) is 0 Å². The van der Waals surface area contributed by atoms with Crippen molar-refractivity contribution >= 4 is 17.4 Å². The number of carbonyl (C=O) groups excluding carboxylic acids is 1. The summed E-state index contributed by atoms with van der Waals surface area (Å²) < 4.78 is 0. The summed E-state index contributed by atoms with van der Waals surface area (Å²) in [5.41, 5.74) is 1.68. The number of carbonyl (C=O) groups is 1. The molecule has 0 unspecified atom stereocenters. The van der Waals surface area contributed by atoms with Crippen molar-refractivity contribution in [2.75, 3.05) is 13.6 Å². The van der Waals surface area contributed by atoms with Crippen LogP contribution in [0, 0.1) is 6.92 Å². The zero-order valence-corrected chi connectivity index (χ0v) is 9.19. The van der Waals surface area contributed by atoms with E-state index >= 15 is 0 Å². The smallest absolute Gasteiger partial charge is 0.164 e. The van der Waals surface area contributed by atoms with Crippen LogP contribution in [0.5, 0.6) is 0 Å². The first kappa shape index (κ1) is 11.2. The second-order valence-electron chi connectivity index (χ2n) is 3.24. The molecule has 14 heavy (non-hydrogen) atoms. The van der Waals surface area contributed by atoms with Crippen LogP contribution in [0.2, 0.25) is 5.02 Å². The van der Waals surface area contributed by atoms with Crippen molar-refractivity contribution < 1.29 is 4.79 Å². The summed E-state index contributed by atoms with van der Waals surface area (Å²) in [6.45, 7) is 2.61. The highest BCUT2D eigenvalue weighted by Gasteiger charge is 2.06. The van der Waals surface area contributed by atoms with Gasteiger partial charge in [-0.15, -0.1) is 0 Å². The van der Waals surface area contributed by atoms with E-state index in [2.05, 4.69) is 5.32 Å². The second-order valence-corrected chi connectivity index (χ2v) is 3.65. The van der Waals surface area contributed by atoms with Gasteiger partial charge in [-0.05, 0) is 37.7 Å². The Labute approximate surface area is 89.3 Å². The third-order valence-electron chi connectivity index (χ3n) is 2.08. The molecule has 1 rings (SSSR count). The molecule has 0 fully saturated rings. The predicted molar refractivity (Wildman–Crippen MR) is 59.1 cm³/mol. The molecule has 1 aromatic rings. The number of ketones is 1. The lowest BCUT2D eigenvalue weighted by atomic mass is 10.1. The minimum atomic E-state index is 0.152. The van der Waals surface area contributed by atoms with Crippen molar-refractivity contribution in [1.82, 2.24) is 5.32 Å². The maximum absolute atomic E-state index is 11.6. The zero-order valence-electron chi connectivity index (χ0n) is 8.43. The topological polar surface area (TPSA) is 29.1 Å². The van der Waals surface area contributed by atoms with Gasteiger partial charge in [0, 0.05) is 23.6 Å². The van der Waals surface area contributed by atoms with Crippen LogP contribution < -0.4 is 5.32 Å². The standard InChI is InChI=1S/C11H14ClNO/c1-8-7-9(3-4-10(8)12)11(14)5-6-13-2/h3-4,7,13H,5-6H2,1-2H3. The number of nitrogens with one attached hydrogen (secondary N) is 1. The summed E-state index contributed by atoms with van der Waals surface area (Å²) in [6.07, 6.45) is 0.525. The Hall–Kier alpha value is -0.860. The van der Waals surface area contributed by atoms with Crippen LogP contribution in [0.15, 0.2) is 18.2 Å². The van der Waals surface area contributed by atoms with E-state index in [1.165, 1.54) is 0 Å². The number of hydrogen-bond acceptors (Lipinski definition) is 2. The normalized spacial score (nSPS) is 10.2. The van der Waals surface area contributed by atoms with Gasteiger partial charge >= 0.3 is 0 Å². The molecule has 2 nitrogen and oxygen atoms in total. The quantitative estimate of drug-likeness (QED) is 0.776. The summed E-state index contributed by atoms with van der Waals surface area (Å²) in [6, 6.07) is 5.37. The molecule has 76 valence electrons. The van der Waals surface area contributed by atoms with Gasteiger partial charge in [-0.1, -0.05) is 11.6 Å². The molecule has 0 amide bonds. The molecule has 0 aliphatic carbocycles. The Morgan fingerprint density at radius 1 is 1.50 bits per heavy atom. The molecule has 0 saturated carbocycles. The number of hydrogen-bond donors (Lipinski definition) is 1. The van der Waals surface area contributed by atoms with Crippen molar-refractivity contribution in [2.45, 2.75) is 13.3 Å². The van der Waals surface area contributed by atoms with E-state index in [4.69, 9.17) is 11.6 Å². The minimum Gasteiger partial charge on any atom is -0.319 e. The fourth-order valence-corrected chi connectivity index (χ4v) is 1.32. The monoisotopic (exact) mass is 211 g/mol. The molecular weight excluding hydrogens is 198 g/mol. The molecule has 0 aliphatic heterocycles. The summed E-state index contributed by atoms with van der Waals surface area (Å²) >= 11 is 5.87. The Morgan fingerprint density at radius 3 is 2.79 bits per heavy atom. The first-order valence-electron chi connectivity index (χ1n) is 4.59. The molecule has 0 bridgehead atoms.